The fraction of sp³-hybridized carbons (Fsp3) is 0. The van der Waals surface area contributed by atoms with E-state index in [2.05, 4.69) is 10.1 Å². The Morgan fingerprint density at radius 1 is 1.22 bits per heavy atom. The van der Waals surface area contributed by atoms with Crippen LogP contribution in [0.25, 0.3) is 16.9 Å². The molecule has 2 heterocycles. The molecular weight excluding hydrogens is 250 g/mol. The molecule has 4 nitrogen and oxygen atoms in total. The molecule has 0 saturated carbocycles. The quantitative estimate of drug-likeness (QED) is 0.663. The first-order valence-electron chi connectivity index (χ1n) is 5.34. The third-order valence-electron chi connectivity index (χ3n) is 2.68. The van der Waals surface area contributed by atoms with E-state index in [4.69, 9.17) is 11.6 Å². The first kappa shape index (κ1) is 10.9. The van der Waals surface area contributed by atoms with Crippen LogP contribution in [0.1, 0.15) is 10.4 Å². The van der Waals surface area contributed by atoms with Gasteiger partial charge in [0, 0.05) is 18.0 Å². The van der Waals surface area contributed by atoms with E-state index in [1.165, 1.54) is 0 Å². The van der Waals surface area contributed by atoms with Gasteiger partial charge in [-0.15, -0.1) is 0 Å². The molecule has 3 rings (SSSR count). The molecule has 0 fully saturated rings. The average Bonchev–Trinajstić information content (AvgIpc) is 2.77. The predicted octanol–water partition coefficient (Wildman–Crippen LogP) is 2.86. The van der Waals surface area contributed by atoms with Gasteiger partial charge in [-0.1, -0.05) is 29.8 Å². The Bertz CT molecular complexity index is 736. The van der Waals surface area contributed by atoms with Gasteiger partial charge in [-0.25, -0.2) is 9.50 Å². The zero-order valence-electron chi connectivity index (χ0n) is 9.25. The number of aromatic nitrogens is 3. The molecule has 0 atom stereocenters. The summed E-state index contributed by atoms with van der Waals surface area (Å²) < 4.78 is 1.57. The molecule has 0 aliphatic heterocycles. The number of carbonyl (C=O) groups excluding carboxylic acids is 1. The lowest BCUT2D eigenvalue weighted by molar-refractivity contribution is 0.112. The van der Waals surface area contributed by atoms with E-state index in [9.17, 15) is 4.79 Å². The van der Waals surface area contributed by atoms with Gasteiger partial charge in [-0.3, -0.25) is 4.79 Å². The van der Waals surface area contributed by atoms with Crippen molar-refractivity contribution in [1.29, 1.82) is 0 Å². The average molecular weight is 258 g/mol. The Morgan fingerprint density at radius 2 is 2.06 bits per heavy atom. The van der Waals surface area contributed by atoms with Gasteiger partial charge in [-0.2, -0.15) is 5.10 Å². The van der Waals surface area contributed by atoms with Crippen molar-refractivity contribution in [3.63, 3.8) is 0 Å². The van der Waals surface area contributed by atoms with Gasteiger partial charge < -0.3 is 0 Å². The van der Waals surface area contributed by atoms with Gasteiger partial charge in [-0.05, 0) is 12.1 Å². The number of carbonyl (C=O) groups is 1. The van der Waals surface area contributed by atoms with Crippen molar-refractivity contribution in [2.75, 3.05) is 0 Å². The number of hydrogen-bond acceptors (Lipinski definition) is 3. The summed E-state index contributed by atoms with van der Waals surface area (Å²) in [5.41, 5.74) is 2.26. The van der Waals surface area contributed by atoms with Crippen molar-refractivity contribution in [2.45, 2.75) is 0 Å². The SMILES string of the molecule is O=Cc1c(-c2ccccc2Cl)nn2cccnc12. The molecule has 0 radical (unpaired) electrons. The molecule has 0 unspecified atom stereocenters. The smallest absolute Gasteiger partial charge is 0.166 e. The molecule has 18 heavy (non-hydrogen) atoms. The first-order chi connectivity index (χ1) is 8.81. The fourth-order valence-electron chi connectivity index (χ4n) is 1.87. The van der Waals surface area contributed by atoms with Gasteiger partial charge in [0.2, 0.25) is 0 Å². The van der Waals surface area contributed by atoms with Crippen LogP contribution in [0.3, 0.4) is 0 Å². The third kappa shape index (κ3) is 1.58. The summed E-state index contributed by atoms with van der Waals surface area (Å²) >= 11 is 6.13. The molecule has 0 amide bonds. The van der Waals surface area contributed by atoms with Crippen LogP contribution in [0.2, 0.25) is 5.02 Å². The Kier molecular flexibility index (Phi) is 2.57. The lowest BCUT2D eigenvalue weighted by atomic mass is 10.1. The molecule has 0 aliphatic rings. The predicted molar refractivity (Wildman–Crippen MR) is 68.8 cm³/mol. The second kappa shape index (κ2) is 4.23. The van der Waals surface area contributed by atoms with Crippen LogP contribution in [-0.4, -0.2) is 20.9 Å². The van der Waals surface area contributed by atoms with Crippen LogP contribution < -0.4 is 0 Å². The zero-order valence-corrected chi connectivity index (χ0v) is 10.0. The van der Waals surface area contributed by atoms with Crippen LogP contribution in [0.5, 0.6) is 0 Å². The monoisotopic (exact) mass is 257 g/mol. The molecule has 2 aromatic heterocycles. The van der Waals surface area contributed by atoms with E-state index in [0.29, 0.717) is 21.9 Å². The van der Waals surface area contributed by atoms with Gasteiger partial charge in [0.25, 0.3) is 0 Å². The molecule has 88 valence electrons. The van der Waals surface area contributed by atoms with E-state index in [0.717, 1.165) is 11.8 Å². The van der Waals surface area contributed by atoms with Crippen molar-refractivity contribution in [3.8, 4) is 11.3 Å². The molecule has 3 aromatic rings. The number of nitrogens with zero attached hydrogens (tertiary/aromatic N) is 3. The van der Waals surface area contributed by atoms with Crippen LogP contribution in [0, 0.1) is 0 Å². The number of fused-ring (bicyclic) bond motifs is 1. The lowest BCUT2D eigenvalue weighted by Crippen LogP contribution is -1.88. The molecular formula is C13H8ClN3O. The highest BCUT2D eigenvalue weighted by Gasteiger charge is 2.16. The minimum atomic E-state index is 0.448. The summed E-state index contributed by atoms with van der Waals surface area (Å²) in [4.78, 5) is 15.4. The van der Waals surface area contributed by atoms with Gasteiger partial charge in [0.05, 0.1) is 10.6 Å². The zero-order chi connectivity index (χ0) is 12.5. The number of aldehydes is 1. The van der Waals surface area contributed by atoms with Crippen molar-refractivity contribution in [2.24, 2.45) is 0 Å². The summed E-state index contributed by atoms with van der Waals surface area (Å²) in [5, 5.41) is 4.91. The Hall–Kier alpha value is -2.20. The second-order valence-electron chi connectivity index (χ2n) is 3.75. The Balaban J connectivity index is 2.36. The third-order valence-corrected chi connectivity index (χ3v) is 3.01. The fourth-order valence-corrected chi connectivity index (χ4v) is 2.09. The topological polar surface area (TPSA) is 47.3 Å². The highest BCUT2D eigenvalue weighted by atomic mass is 35.5. The summed E-state index contributed by atoms with van der Waals surface area (Å²) in [6.07, 6.45) is 4.13. The molecule has 0 saturated heterocycles. The molecule has 0 N–H and O–H groups in total. The summed E-state index contributed by atoms with van der Waals surface area (Å²) in [7, 11) is 0. The van der Waals surface area contributed by atoms with E-state index in [-0.39, 0.29) is 0 Å². The van der Waals surface area contributed by atoms with Crippen LogP contribution >= 0.6 is 11.6 Å². The summed E-state index contributed by atoms with van der Waals surface area (Å²) in [6, 6.07) is 9.04. The number of halogens is 1. The number of benzene rings is 1. The lowest BCUT2D eigenvalue weighted by Gasteiger charge is -1.99. The minimum Gasteiger partial charge on any atom is -0.298 e. The largest absolute Gasteiger partial charge is 0.298 e. The normalized spacial score (nSPS) is 10.7. The summed E-state index contributed by atoms with van der Waals surface area (Å²) in [5.74, 6) is 0. The van der Waals surface area contributed by atoms with Gasteiger partial charge in [0.15, 0.2) is 11.9 Å². The van der Waals surface area contributed by atoms with E-state index in [1.807, 2.05) is 18.2 Å². The molecule has 0 aliphatic carbocycles. The highest BCUT2D eigenvalue weighted by Crippen LogP contribution is 2.29. The van der Waals surface area contributed by atoms with Crippen molar-refractivity contribution in [3.05, 3.63) is 53.3 Å². The van der Waals surface area contributed by atoms with E-state index >= 15 is 0 Å². The number of rotatable bonds is 2. The van der Waals surface area contributed by atoms with Crippen LogP contribution in [0.4, 0.5) is 0 Å². The molecule has 0 bridgehead atoms. The first-order valence-corrected chi connectivity index (χ1v) is 5.72. The maximum absolute atomic E-state index is 11.3. The van der Waals surface area contributed by atoms with Crippen LogP contribution in [-0.2, 0) is 0 Å². The maximum atomic E-state index is 11.3. The van der Waals surface area contributed by atoms with Crippen molar-refractivity contribution < 1.29 is 4.79 Å². The van der Waals surface area contributed by atoms with Gasteiger partial charge in [0.1, 0.15) is 5.69 Å². The molecule has 1 aromatic carbocycles. The van der Waals surface area contributed by atoms with Gasteiger partial charge >= 0.3 is 0 Å². The van der Waals surface area contributed by atoms with Crippen molar-refractivity contribution in [1.82, 2.24) is 14.6 Å². The Labute approximate surface area is 108 Å². The van der Waals surface area contributed by atoms with E-state index in [1.54, 1.807) is 29.0 Å². The van der Waals surface area contributed by atoms with Crippen LogP contribution in [0.15, 0.2) is 42.7 Å². The molecule has 5 heteroatoms. The minimum absolute atomic E-state index is 0.448. The Morgan fingerprint density at radius 3 is 2.83 bits per heavy atom. The maximum Gasteiger partial charge on any atom is 0.166 e. The second-order valence-corrected chi connectivity index (χ2v) is 4.16. The number of hydrogen-bond donors (Lipinski definition) is 0. The van der Waals surface area contributed by atoms with E-state index < -0.39 is 0 Å². The molecule has 0 spiro atoms. The van der Waals surface area contributed by atoms with Crippen molar-refractivity contribution >= 4 is 23.5 Å². The standard InChI is InChI=1S/C13H8ClN3O/c14-11-5-2-1-4-9(11)12-10(8-18)13-15-6-3-7-17(13)16-12/h1-8H. The summed E-state index contributed by atoms with van der Waals surface area (Å²) in [6.45, 7) is 0. The highest BCUT2D eigenvalue weighted by molar-refractivity contribution is 6.33.